The molecule has 2 rings (SSSR count). The summed E-state index contributed by atoms with van der Waals surface area (Å²) in [5, 5.41) is 3.34. The van der Waals surface area contributed by atoms with Gasteiger partial charge in [-0.25, -0.2) is 0 Å². The zero-order valence-electron chi connectivity index (χ0n) is 12.1. The maximum atomic E-state index is 12.2. The maximum Gasteiger partial charge on any atom is 0.224 e. The molecular weight excluding hydrogens is 264 g/mol. The van der Waals surface area contributed by atoms with Gasteiger partial charge in [-0.15, -0.1) is 12.4 Å². The predicted molar refractivity (Wildman–Crippen MR) is 78.6 cm³/mol. The van der Waals surface area contributed by atoms with Crippen LogP contribution in [-0.2, 0) is 9.53 Å². The van der Waals surface area contributed by atoms with Crippen LogP contribution in [0.3, 0.4) is 0 Å². The smallest absolute Gasteiger partial charge is 0.224 e. The van der Waals surface area contributed by atoms with Gasteiger partial charge in [0.25, 0.3) is 0 Å². The molecule has 5 heteroatoms. The summed E-state index contributed by atoms with van der Waals surface area (Å²) in [4.78, 5) is 14.2. The molecule has 1 atom stereocenters. The normalized spacial score (nSPS) is 25.2. The maximum absolute atomic E-state index is 12.2. The number of nitrogens with zero attached hydrogens (tertiary/aromatic N) is 1. The van der Waals surface area contributed by atoms with Crippen LogP contribution in [-0.4, -0.2) is 49.7 Å². The summed E-state index contributed by atoms with van der Waals surface area (Å²) in [6.45, 7) is 8.76. The van der Waals surface area contributed by atoms with Crippen molar-refractivity contribution in [1.29, 1.82) is 0 Å². The summed E-state index contributed by atoms with van der Waals surface area (Å²) in [6, 6.07) is 0.217. The van der Waals surface area contributed by atoms with E-state index in [4.69, 9.17) is 4.74 Å². The van der Waals surface area contributed by atoms with E-state index in [-0.39, 0.29) is 18.4 Å². The molecule has 0 saturated carbocycles. The van der Waals surface area contributed by atoms with Gasteiger partial charge in [-0.3, -0.25) is 4.79 Å². The van der Waals surface area contributed by atoms with E-state index in [0.717, 1.165) is 50.9 Å². The number of likely N-dealkylation sites (tertiary alicyclic amines) is 1. The van der Waals surface area contributed by atoms with Gasteiger partial charge < -0.3 is 15.0 Å². The van der Waals surface area contributed by atoms with Crippen LogP contribution in [0.2, 0.25) is 0 Å². The molecule has 2 aliphatic heterocycles. The number of carbonyl (C=O) groups excluding carboxylic acids is 1. The Kier molecular flexibility index (Phi) is 7.11. The molecule has 2 aliphatic rings. The van der Waals surface area contributed by atoms with E-state index in [2.05, 4.69) is 19.2 Å². The summed E-state index contributed by atoms with van der Waals surface area (Å²) < 4.78 is 5.39. The Morgan fingerprint density at radius 3 is 2.58 bits per heavy atom. The van der Waals surface area contributed by atoms with Crippen molar-refractivity contribution in [1.82, 2.24) is 10.2 Å². The highest BCUT2D eigenvalue weighted by Crippen LogP contribution is 2.24. The van der Waals surface area contributed by atoms with E-state index in [1.807, 2.05) is 4.90 Å². The van der Waals surface area contributed by atoms with E-state index < -0.39 is 0 Å². The lowest BCUT2D eigenvalue weighted by atomic mass is 9.86. The van der Waals surface area contributed by atoms with E-state index in [0.29, 0.717) is 18.9 Å². The molecular formula is C14H27ClN2O2. The first-order chi connectivity index (χ1) is 8.66. The number of hydrogen-bond donors (Lipinski definition) is 1. The van der Waals surface area contributed by atoms with Crippen molar-refractivity contribution >= 4 is 18.3 Å². The lowest BCUT2D eigenvalue weighted by molar-refractivity contribution is -0.134. The molecule has 4 nitrogen and oxygen atoms in total. The first-order valence-corrected chi connectivity index (χ1v) is 7.25. The fourth-order valence-electron chi connectivity index (χ4n) is 2.91. The summed E-state index contributed by atoms with van der Waals surface area (Å²) >= 11 is 0. The number of halogens is 1. The Labute approximate surface area is 122 Å². The van der Waals surface area contributed by atoms with Crippen LogP contribution in [0, 0.1) is 11.8 Å². The van der Waals surface area contributed by atoms with Crippen molar-refractivity contribution < 1.29 is 9.53 Å². The zero-order chi connectivity index (χ0) is 13.0. The second-order valence-electron chi connectivity index (χ2n) is 5.89. The number of nitrogens with one attached hydrogen (secondary N) is 1. The highest BCUT2D eigenvalue weighted by molar-refractivity contribution is 5.85. The number of morpholine rings is 1. The monoisotopic (exact) mass is 290 g/mol. The third kappa shape index (κ3) is 4.93. The molecule has 112 valence electrons. The molecule has 2 heterocycles. The number of ether oxygens (including phenoxy) is 1. The second-order valence-corrected chi connectivity index (χ2v) is 5.89. The van der Waals surface area contributed by atoms with Gasteiger partial charge in [-0.05, 0) is 24.7 Å². The zero-order valence-corrected chi connectivity index (χ0v) is 12.9. The van der Waals surface area contributed by atoms with Crippen molar-refractivity contribution in [3.63, 3.8) is 0 Å². The average molecular weight is 291 g/mol. The molecule has 1 amide bonds. The standard InChI is InChI=1S/C14H26N2O2.ClH/c1-11(2)12-3-6-16(7-4-12)14(17)9-13-10-18-8-5-15-13;/h11-13,15H,3-10H2,1-2H3;1H. The van der Waals surface area contributed by atoms with Crippen LogP contribution in [0.15, 0.2) is 0 Å². The molecule has 0 radical (unpaired) electrons. The van der Waals surface area contributed by atoms with Crippen molar-refractivity contribution in [3.05, 3.63) is 0 Å². The summed E-state index contributed by atoms with van der Waals surface area (Å²) in [5.74, 6) is 1.83. The Hall–Kier alpha value is -0.320. The number of carbonyl (C=O) groups is 1. The highest BCUT2D eigenvalue weighted by atomic mass is 35.5. The van der Waals surface area contributed by atoms with Gasteiger partial charge in [0.05, 0.1) is 13.2 Å². The van der Waals surface area contributed by atoms with Gasteiger partial charge in [0.1, 0.15) is 0 Å². The number of rotatable bonds is 3. The average Bonchev–Trinajstić information content (AvgIpc) is 2.40. The van der Waals surface area contributed by atoms with Gasteiger partial charge >= 0.3 is 0 Å². The van der Waals surface area contributed by atoms with Crippen molar-refractivity contribution in [3.8, 4) is 0 Å². The van der Waals surface area contributed by atoms with E-state index in [9.17, 15) is 4.79 Å². The Morgan fingerprint density at radius 1 is 1.37 bits per heavy atom. The minimum absolute atomic E-state index is 0. The highest BCUT2D eigenvalue weighted by Gasteiger charge is 2.26. The molecule has 0 aliphatic carbocycles. The largest absolute Gasteiger partial charge is 0.378 e. The third-order valence-electron chi connectivity index (χ3n) is 4.25. The Morgan fingerprint density at radius 2 is 2.05 bits per heavy atom. The minimum Gasteiger partial charge on any atom is -0.378 e. The van der Waals surface area contributed by atoms with Crippen LogP contribution in [0.1, 0.15) is 33.1 Å². The molecule has 2 fully saturated rings. The van der Waals surface area contributed by atoms with Crippen LogP contribution in [0.4, 0.5) is 0 Å². The second kappa shape index (κ2) is 8.08. The molecule has 0 spiro atoms. The Balaban J connectivity index is 0.00000180. The molecule has 2 saturated heterocycles. The van der Waals surface area contributed by atoms with Crippen molar-refractivity contribution in [2.45, 2.75) is 39.2 Å². The van der Waals surface area contributed by atoms with Gasteiger partial charge in [0.15, 0.2) is 0 Å². The van der Waals surface area contributed by atoms with Crippen LogP contribution in [0.5, 0.6) is 0 Å². The molecule has 19 heavy (non-hydrogen) atoms. The quantitative estimate of drug-likeness (QED) is 0.860. The predicted octanol–water partition coefficient (Wildman–Crippen LogP) is 1.68. The molecule has 0 bridgehead atoms. The fraction of sp³-hybridized carbons (Fsp3) is 0.929. The lowest BCUT2D eigenvalue weighted by Gasteiger charge is -2.35. The molecule has 1 unspecified atom stereocenters. The third-order valence-corrected chi connectivity index (χ3v) is 4.25. The van der Waals surface area contributed by atoms with E-state index >= 15 is 0 Å². The Bertz CT molecular complexity index is 273. The topological polar surface area (TPSA) is 41.6 Å². The van der Waals surface area contributed by atoms with Gasteiger partial charge in [0.2, 0.25) is 5.91 Å². The summed E-state index contributed by atoms with van der Waals surface area (Å²) in [5.41, 5.74) is 0. The van der Waals surface area contributed by atoms with Crippen LogP contribution >= 0.6 is 12.4 Å². The van der Waals surface area contributed by atoms with Gasteiger partial charge in [-0.1, -0.05) is 13.8 Å². The number of hydrogen-bond acceptors (Lipinski definition) is 3. The van der Waals surface area contributed by atoms with Crippen molar-refractivity contribution in [2.24, 2.45) is 11.8 Å². The fourth-order valence-corrected chi connectivity index (χ4v) is 2.91. The molecule has 0 aromatic heterocycles. The SMILES string of the molecule is CC(C)C1CCN(C(=O)CC2COCCN2)CC1.Cl. The van der Waals surface area contributed by atoms with E-state index in [1.165, 1.54) is 0 Å². The van der Waals surface area contributed by atoms with E-state index in [1.54, 1.807) is 0 Å². The first kappa shape index (κ1) is 16.7. The molecule has 0 aromatic rings. The summed E-state index contributed by atoms with van der Waals surface area (Å²) in [6.07, 6.45) is 2.92. The van der Waals surface area contributed by atoms with Crippen molar-refractivity contribution in [2.75, 3.05) is 32.8 Å². The first-order valence-electron chi connectivity index (χ1n) is 7.25. The summed E-state index contributed by atoms with van der Waals surface area (Å²) in [7, 11) is 0. The molecule has 1 N–H and O–H groups in total. The van der Waals surface area contributed by atoms with Gasteiger partial charge in [0, 0.05) is 32.1 Å². The lowest BCUT2D eigenvalue weighted by Crippen LogP contribution is -2.46. The van der Waals surface area contributed by atoms with Gasteiger partial charge in [-0.2, -0.15) is 0 Å². The van der Waals surface area contributed by atoms with Crippen LogP contribution in [0.25, 0.3) is 0 Å². The molecule has 0 aromatic carbocycles. The minimum atomic E-state index is 0. The number of piperidine rings is 1. The number of amides is 1. The van der Waals surface area contributed by atoms with Crippen LogP contribution < -0.4 is 5.32 Å².